The number of likely N-dealkylation sites (N-methyl/N-ethyl adjacent to an activating group) is 1. The molecule has 0 aromatic rings. The van der Waals surface area contributed by atoms with Crippen LogP contribution in [0.4, 0.5) is 0 Å². The van der Waals surface area contributed by atoms with Crippen LogP contribution in [-0.4, -0.2) is 54.9 Å². The van der Waals surface area contributed by atoms with E-state index in [0.29, 0.717) is 19.0 Å². The second-order valence-electron chi connectivity index (χ2n) is 4.74. The molecule has 96 valence electrons. The van der Waals surface area contributed by atoms with Crippen molar-refractivity contribution in [2.75, 3.05) is 26.7 Å². The first kappa shape index (κ1) is 13.9. The van der Waals surface area contributed by atoms with Gasteiger partial charge >= 0.3 is 0 Å². The van der Waals surface area contributed by atoms with Crippen molar-refractivity contribution in [3.8, 4) is 0 Å². The SMILES string of the molecule is CC(O)CN(C)S(=O)(=O)N1CCCC(C)C1. The average Bonchev–Trinajstić information content (AvgIpc) is 2.16. The molecule has 2 unspecified atom stereocenters. The van der Waals surface area contributed by atoms with E-state index in [4.69, 9.17) is 0 Å². The molecule has 0 spiro atoms. The second-order valence-corrected chi connectivity index (χ2v) is 6.78. The van der Waals surface area contributed by atoms with Gasteiger partial charge in [-0.05, 0) is 25.7 Å². The summed E-state index contributed by atoms with van der Waals surface area (Å²) >= 11 is 0. The molecule has 0 aromatic carbocycles. The summed E-state index contributed by atoms with van der Waals surface area (Å²) in [5, 5.41) is 9.21. The number of aliphatic hydroxyl groups excluding tert-OH is 1. The van der Waals surface area contributed by atoms with Gasteiger partial charge in [0.1, 0.15) is 0 Å². The fraction of sp³-hybridized carbons (Fsp3) is 1.00. The summed E-state index contributed by atoms with van der Waals surface area (Å²) in [5.74, 6) is 0.420. The topological polar surface area (TPSA) is 60.9 Å². The van der Waals surface area contributed by atoms with Crippen LogP contribution < -0.4 is 0 Å². The van der Waals surface area contributed by atoms with Gasteiger partial charge in [0.2, 0.25) is 0 Å². The number of rotatable bonds is 4. The zero-order valence-electron chi connectivity index (χ0n) is 10.3. The summed E-state index contributed by atoms with van der Waals surface area (Å²) in [7, 11) is -1.87. The minimum absolute atomic E-state index is 0.146. The van der Waals surface area contributed by atoms with Gasteiger partial charge in [0, 0.05) is 26.7 Å². The van der Waals surface area contributed by atoms with E-state index in [9.17, 15) is 13.5 Å². The summed E-state index contributed by atoms with van der Waals surface area (Å²) in [5.41, 5.74) is 0. The van der Waals surface area contributed by atoms with E-state index in [0.717, 1.165) is 12.8 Å². The van der Waals surface area contributed by atoms with Crippen LogP contribution in [0.1, 0.15) is 26.7 Å². The van der Waals surface area contributed by atoms with Crippen LogP contribution in [0.15, 0.2) is 0 Å². The van der Waals surface area contributed by atoms with E-state index in [1.807, 2.05) is 0 Å². The van der Waals surface area contributed by atoms with Crippen molar-refractivity contribution < 1.29 is 13.5 Å². The molecule has 5 nitrogen and oxygen atoms in total. The van der Waals surface area contributed by atoms with Gasteiger partial charge in [-0.3, -0.25) is 0 Å². The van der Waals surface area contributed by atoms with Gasteiger partial charge in [-0.15, -0.1) is 0 Å². The maximum atomic E-state index is 12.1. The molecular weight excluding hydrogens is 228 g/mol. The molecule has 6 heteroatoms. The Morgan fingerprint density at radius 1 is 1.56 bits per heavy atom. The van der Waals surface area contributed by atoms with Crippen molar-refractivity contribution in [3.63, 3.8) is 0 Å². The van der Waals surface area contributed by atoms with E-state index >= 15 is 0 Å². The molecule has 1 fully saturated rings. The van der Waals surface area contributed by atoms with E-state index in [-0.39, 0.29) is 6.54 Å². The molecule has 0 saturated carbocycles. The predicted molar refractivity (Wildman–Crippen MR) is 63.2 cm³/mol. The van der Waals surface area contributed by atoms with E-state index in [1.54, 1.807) is 6.92 Å². The molecule has 1 heterocycles. The first-order valence-corrected chi connectivity index (χ1v) is 7.13. The maximum Gasteiger partial charge on any atom is 0.281 e. The summed E-state index contributed by atoms with van der Waals surface area (Å²) < 4.78 is 27.0. The lowest BCUT2D eigenvalue weighted by molar-refractivity contribution is 0.165. The molecule has 0 radical (unpaired) electrons. The quantitative estimate of drug-likeness (QED) is 0.779. The largest absolute Gasteiger partial charge is 0.392 e. The van der Waals surface area contributed by atoms with E-state index in [2.05, 4.69) is 6.92 Å². The molecule has 0 bridgehead atoms. The van der Waals surface area contributed by atoms with Crippen molar-refractivity contribution in [3.05, 3.63) is 0 Å². The van der Waals surface area contributed by atoms with Gasteiger partial charge < -0.3 is 5.11 Å². The highest BCUT2D eigenvalue weighted by Crippen LogP contribution is 2.19. The monoisotopic (exact) mass is 250 g/mol. The first-order valence-electron chi connectivity index (χ1n) is 5.73. The Morgan fingerprint density at radius 2 is 2.19 bits per heavy atom. The average molecular weight is 250 g/mol. The Labute approximate surface area is 98.2 Å². The lowest BCUT2D eigenvalue weighted by Crippen LogP contribution is -2.47. The van der Waals surface area contributed by atoms with Crippen molar-refractivity contribution in [1.82, 2.24) is 8.61 Å². The molecule has 1 rings (SSSR count). The Balaban J connectivity index is 2.68. The highest BCUT2D eigenvalue weighted by atomic mass is 32.2. The van der Waals surface area contributed by atoms with Crippen molar-refractivity contribution in [2.24, 2.45) is 5.92 Å². The number of hydrogen-bond donors (Lipinski definition) is 1. The Bertz CT molecular complexity index is 316. The number of aliphatic hydroxyl groups is 1. The van der Waals surface area contributed by atoms with Crippen LogP contribution in [-0.2, 0) is 10.2 Å². The van der Waals surface area contributed by atoms with Crippen LogP contribution in [0.3, 0.4) is 0 Å². The smallest absolute Gasteiger partial charge is 0.281 e. The summed E-state index contributed by atoms with van der Waals surface area (Å²) in [6.45, 7) is 4.98. The van der Waals surface area contributed by atoms with E-state index < -0.39 is 16.3 Å². The van der Waals surface area contributed by atoms with Gasteiger partial charge in [0.05, 0.1) is 6.10 Å². The molecule has 1 aliphatic rings. The van der Waals surface area contributed by atoms with Gasteiger partial charge in [0.15, 0.2) is 0 Å². The summed E-state index contributed by atoms with van der Waals surface area (Å²) in [6.07, 6.45) is 1.37. The fourth-order valence-corrected chi connectivity index (χ4v) is 3.62. The molecule has 1 N–H and O–H groups in total. The Hall–Kier alpha value is -0.170. The highest BCUT2D eigenvalue weighted by molar-refractivity contribution is 7.86. The van der Waals surface area contributed by atoms with Crippen LogP contribution in [0, 0.1) is 5.92 Å². The molecule has 0 aromatic heterocycles. The van der Waals surface area contributed by atoms with Gasteiger partial charge in [0.25, 0.3) is 10.2 Å². The molecule has 2 atom stereocenters. The molecule has 1 saturated heterocycles. The third-order valence-corrected chi connectivity index (χ3v) is 4.78. The predicted octanol–water partition coefficient (Wildman–Crippen LogP) is 0.276. The standard InChI is InChI=1S/C10H22N2O3S/c1-9-5-4-6-12(7-9)16(14,15)11(3)8-10(2)13/h9-10,13H,4-8H2,1-3H3. The number of piperidine rings is 1. The van der Waals surface area contributed by atoms with Crippen LogP contribution in [0.2, 0.25) is 0 Å². The zero-order valence-corrected chi connectivity index (χ0v) is 11.1. The van der Waals surface area contributed by atoms with Crippen molar-refractivity contribution >= 4 is 10.2 Å². The lowest BCUT2D eigenvalue weighted by atomic mass is 10.0. The van der Waals surface area contributed by atoms with Crippen LogP contribution >= 0.6 is 0 Å². The lowest BCUT2D eigenvalue weighted by Gasteiger charge is -2.33. The van der Waals surface area contributed by atoms with Gasteiger partial charge in [-0.2, -0.15) is 17.0 Å². The Kier molecular flexibility index (Phi) is 4.73. The molecule has 0 aliphatic carbocycles. The van der Waals surface area contributed by atoms with Crippen LogP contribution in [0.5, 0.6) is 0 Å². The van der Waals surface area contributed by atoms with E-state index in [1.165, 1.54) is 15.7 Å². The van der Waals surface area contributed by atoms with Crippen LogP contribution in [0.25, 0.3) is 0 Å². The van der Waals surface area contributed by atoms with Crippen molar-refractivity contribution in [1.29, 1.82) is 0 Å². The number of nitrogens with zero attached hydrogens (tertiary/aromatic N) is 2. The summed E-state index contributed by atoms with van der Waals surface area (Å²) in [6, 6.07) is 0. The molecular formula is C10H22N2O3S. The second kappa shape index (κ2) is 5.44. The van der Waals surface area contributed by atoms with Gasteiger partial charge in [-0.1, -0.05) is 6.92 Å². The molecule has 0 amide bonds. The Morgan fingerprint density at radius 3 is 2.69 bits per heavy atom. The normalized spacial score (nSPS) is 25.9. The fourth-order valence-electron chi connectivity index (χ4n) is 2.02. The molecule has 16 heavy (non-hydrogen) atoms. The third-order valence-electron chi connectivity index (χ3n) is 2.86. The van der Waals surface area contributed by atoms with Gasteiger partial charge in [-0.25, -0.2) is 0 Å². The highest BCUT2D eigenvalue weighted by Gasteiger charge is 2.30. The third kappa shape index (κ3) is 3.41. The zero-order chi connectivity index (χ0) is 12.3. The number of hydrogen-bond acceptors (Lipinski definition) is 3. The first-order chi connectivity index (χ1) is 7.34. The minimum Gasteiger partial charge on any atom is -0.392 e. The molecule has 1 aliphatic heterocycles. The summed E-state index contributed by atoms with van der Waals surface area (Å²) in [4.78, 5) is 0. The van der Waals surface area contributed by atoms with Crippen molar-refractivity contribution in [2.45, 2.75) is 32.8 Å². The minimum atomic E-state index is -3.38. The maximum absolute atomic E-state index is 12.1.